The molecule has 4 heteroatoms. The molecular formula is C9H16ClN3. The Morgan fingerprint density at radius 3 is 2.77 bits per heavy atom. The van der Waals surface area contributed by atoms with Gasteiger partial charge in [-0.1, -0.05) is 25.4 Å². The van der Waals surface area contributed by atoms with E-state index in [4.69, 9.17) is 17.3 Å². The first-order valence-corrected chi connectivity index (χ1v) is 4.76. The van der Waals surface area contributed by atoms with Crippen LogP contribution in [0.4, 0.5) is 5.69 Å². The Labute approximate surface area is 84.3 Å². The zero-order valence-corrected chi connectivity index (χ0v) is 8.80. The summed E-state index contributed by atoms with van der Waals surface area (Å²) in [6, 6.07) is 3.61. The predicted octanol–water partition coefficient (Wildman–Crippen LogP) is 2.13. The van der Waals surface area contributed by atoms with Crippen LogP contribution >= 0.6 is 11.6 Å². The van der Waals surface area contributed by atoms with Gasteiger partial charge in [0, 0.05) is 25.0 Å². The van der Waals surface area contributed by atoms with Gasteiger partial charge in [0.15, 0.2) is 0 Å². The van der Waals surface area contributed by atoms with Crippen molar-refractivity contribution >= 4 is 17.3 Å². The number of nitrogens with two attached hydrogens (primary N) is 1. The quantitative estimate of drug-likeness (QED) is 0.737. The van der Waals surface area contributed by atoms with Crippen LogP contribution in [0, 0.1) is 0 Å². The van der Waals surface area contributed by atoms with Gasteiger partial charge in [-0.05, 0) is 12.1 Å². The Balaban J connectivity index is 0.000000671. The maximum Gasteiger partial charge on any atom is 0.131 e. The van der Waals surface area contributed by atoms with Crippen LogP contribution in [-0.2, 0) is 0 Å². The fraction of sp³-hybridized carbons (Fsp3) is 0.444. The molecule has 0 spiro atoms. The van der Waals surface area contributed by atoms with Gasteiger partial charge in [0.25, 0.3) is 0 Å². The highest BCUT2D eigenvalue weighted by molar-refractivity contribution is 6.29. The Kier molecular flexibility index (Phi) is 7.35. The topological polar surface area (TPSA) is 50.9 Å². The van der Waals surface area contributed by atoms with Gasteiger partial charge in [-0.15, -0.1) is 0 Å². The first kappa shape index (κ1) is 12.2. The van der Waals surface area contributed by atoms with Crippen LogP contribution in [0.15, 0.2) is 18.3 Å². The van der Waals surface area contributed by atoms with E-state index in [1.807, 2.05) is 19.9 Å². The van der Waals surface area contributed by atoms with Gasteiger partial charge < -0.3 is 11.1 Å². The van der Waals surface area contributed by atoms with Crippen LogP contribution in [-0.4, -0.2) is 18.1 Å². The van der Waals surface area contributed by atoms with Crippen molar-refractivity contribution in [2.24, 2.45) is 5.73 Å². The average Bonchev–Trinajstić information content (AvgIpc) is 2.18. The number of hydrogen-bond acceptors (Lipinski definition) is 3. The molecule has 0 fully saturated rings. The molecule has 0 radical (unpaired) electrons. The summed E-state index contributed by atoms with van der Waals surface area (Å²) in [5.74, 6) is 0. The molecule has 0 aromatic carbocycles. The van der Waals surface area contributed by atoms with Crippen molar-refractivity contribution in [3.63, 3.8) is 0 Å². The van der Waals surface area contributed by atoms with Gasteiger partial charge in [0.05, 0.1) is 0 Å². The summed E-state index contributed by atoms with van der Waals surface area (Å²) in [4.78, 5) is 3.84. The lowest BCUT2D eigenvalue weighted by Gasteiger charge is -2.02. The van der Waals surface area contributed by atoms with E-state index in [1.165, 1.54) is 0 Å². The highest BCUT2D eigenvalue weighted by Crippen LogP contribution is 2.10. The Hall–Kier alpha value is -0.800. The summed E-state index contributed by atoms with van der Waals surface area (Å²) in [6.07, 6.45) is 1.65. The molecule has 0 aliphatic rings. The summed E-state index contributed by atoms with van der Waals surface area (Å²) in [5.41, 5.74) is 6.26. The van der Waals surface area contributed by atoms with E-state index in [0.717, 1.165) is 12.2 Å². The van der Waals surface area contributed by atoms with Crippen LogP contribution in [0.5, 0.6) is 0 Å². The van der Waals surface area contributed by atoms with Crippen molar-refractivity contribution < 1.29 is 0 Å². The molecular weight excluding hydrogens is 186 g/mol. The minimum atomic E-state index is 0.493. The number of aromatic nitrogens is 1. The molecule has 3 N–H and O–H groups in total. The van der Waals surface area contributed by atoms with Gasteiger partial charge >= 0.3 is 0 Å². The van der Waals surface area contributed by atoms with Crippen LogP contribution in [0.3, 0.4) is 0 Å². The molecule has 3 nitrogen and oxygen atoms in total. The van der Waals surface area contributed by atoms with Gasteiger partial charge in [-0.25, -0.2) is 4.98 Å². The number of pyridine rings is 1. The molecule has 0 saturated heterocycles. The fourth-order valence-corrected chi connectivity index (χ4v) is 0.903. The summed E-state index contributed by atoms with van der Waals surface area (Å²) in [7, 11) is 0. The highest BCUT2D eigenvalue weighted by Gasteiger charge is 1.91. The van der Waals surface area contributed by atoms with E-state index in [-0.39, 0.29) is 0 Å². The zero-order chi connectivity index (χ0) is 10.1. The lowest BCUT2D eigenvalue weighted by molar-refractivity contribution is 1.02. The lowest BCUT2D eigenvalue weighted by Crippen LogP contribution is -2.12. The summed E-state index contributed by atoms with van der Waals surface area (Å²) < 4.78 is 0. The third-order valence-corrected chi connectivity index (χ3v) is 1.41. The predicted molar refractivity (Wildman–Crippen MR) is 58.1 cm³/mol. The van der Waals surface area contributed by atoms with E-state index in [1.54, 1.807) is 12.3 Å². The van der Waals surface area contributed by atoms with Crippen LogP contribution in [0.2, 0.25) is 5.15 Å². The SMILES string of the molecule is CC.NCCNc1ccnc(Cl)c1. The minimum absolute atomic E-state index is 0.493. The Morgan fingerprint density at radius 2 is 2.23 bits per heavy atom. The maximum atomic E-state index is 5.64. The Morgan fingerprint density at radius 1 is 1.54 bits per heavy atom. The highest BCUT2D eigenvalue weighted by atomic mass is 35.5. The maximum absolute atomic E-state index is 5.64. The first-order valence-electron chi connectivity index (χ1n) is 4.38. The summed E-state index contributed by atoms with van der Waals surface area (Å²) in [5, 5.41) is 3.58. The van der Waals surface area contributed by atoms with Crippen LogP contribution < -0.4 is 11.1 Å². The normalized spacial score (nSPS) is 8.62. The van der Waals surface area contributed by atoms with Crippen molar-refractivity contribution in [2.75, 3.05) is 18.4 Å². The van der Waals surface area contributed by atoms with Crippen molar-refractivity contribution in [1.29, 1.82) is 0 Å². The monoisotopic (exact) mass is 201 g/mol. The molecule has 0 atom stereocenters. The molecule has 1 rings (SSSR count). The zero-order valence-electron chi connectivity index (χ0n) is 8.05. The van der Waals surface area contributed by atoms with E-state index >= 15 is 0 Å². The molecule has 13 heavy (non-hydrogen) atoms. The van der Waals surface area contributed by atoms with E-state index in [2.05, 4.69) is 10.3 Å². The molecule has 0 bridgehead atoms. The van der Waals surface area contributed by atoms with Crippen LogP contribution in [0.25, 0.3) is 0 Å². The van der Waals surface area contributed by atoms with Gasteiger partial charge in [0.1, 0.15) is 5.15 Å². The summed E-state index contributed by atoms with van der Waals surface area (Å²) >= 11 is 5.64. The molecule has 1 aromatic heterocycles. The second-order valence-electron chi connectivity index (χ2n) is 2.08. The molecule has 0 aliphatic carbocycles. The van der Waals surface area contributed by atoms with Crippen molar-refractivity contribution in [3.8, 4) is 0 Å². The van der Waals surface area contributed by atoms with Gasteiger partial charge in [0.2, 0.25) is 0 Å². The smallest absolute Gasteiger partial charge is 0.131 e. The van der Waals surface area contributed by atoms with E-state index < -0.39 is 0 Å². The number of hydrogen-bond donors (Lipinski definition) is 2. The molecule has 1 heterocycles. The second kappa shape index (κ2) is 7.83. The largest absolute Gasteiger partial charge is 0.384 e. The number of nitrogens with zero attached hydrogens (tertiary/aromatic N) is 1. The van der Waals surface area contributed by atoms with Gasteiger partial charge in [-0.2, -0.15) is 0 Å². The third kappa shape index (κ3) is 5.44. The first-order chi connectivity index (χ1) is 6.33. The fourth-order valence-electron chi connectivity index (χ4n) is 0.729. The van der Waals surface area contributed by atoms with E-state index in [0.29, 0.717) is 11.7 Å². The molecule has 0 unspecified atom stereocenters. The number of nitrogens with one attached hydrogen (secondary N) is 1. The van der Waals surface area contributed by atoms with Crippen molar-refractivity contribution in [1.82, 2.24) is 4.98 Å². The molecule has 0 saturated carbocycles. The van der Waals surface area contributed by atoms with E-state index in [9.17, 15) is 0 Å². The second-order valence-corrected chi connectivity index (χ2v) is 2.47. The molecule has 1 aromatic rings. The minimum Gasteiger partial charge on any atom is -0.384 e. The molecule has 74 valence electrons. The molecule has 0 amide bonds. The number of rotatable bonds is 3. The standard InChI is InChI=1S/C7H10ClN3.C2H6/c8-7-5-6(1-3-11-7)10-4-2-9;1-2/h1,3,5H,2,4,9H2,(H,10,11);1-2H3. The third-order valence-electron chi connectivity index (χ3n) is 1.20. The molecule has 0 aliphatic heterocycles. The van der Waals surface area contributed by atoms with Crippen molar-refractivity contribution in [2.45, 2.75) is 13.8 Å². The summed E-state index contributed by atoms with van der Waals surface area (Å²) in [6.45, 7) is 5.36. The number of halogens is 1. The van der Waals surface area contributed by atoms with Crippen molar-refractivity contribution in [3.05, 3.63) is 23.5 Å². The lowest BCUT2D eigenvalue weighted by atomic mass is 10.4. The van der Waals surface area contributed by atoms with Gasteiger partial charge in [-0.3, -0.25) is 0 Å². The number of anilines is 1. The Bertz CT molecular complexity index is 228. The average molecular weight is 202 g/mol. The van der Waals surface area contributed by atoms with Crippen LogP contribution in [0.1, 0.15) is 13.8 Å².